The molecule has 0 amide bonds. The quantitative estimate of drug-likeness (QED) is 0.628. The fraction of sp³-hybridized carbons (Fsp3) is 0.143. The van der Waals surface area contributed by atoms with Crippen LogP contribution in [0.15, 0.2) is 18.2 Å². The largest absolute Gasteiger partial charge is 0.399 e. The van der Waals surface area contributed by atoms with Crippen LogP contribution in [-0.4, -0.2) is 0 Å². The molecule has 1 aromatic rings. The summed E-state index contributed by atoms with van der Waals surface area (Å²) in [6, 6.07) is 3.10. The molecule has 0 unspecified atom stereocenters. The molecule has 0 radical (unpaired) electrons. The van der Waals surface area contributed by atoms with Crippen LogP contribution in [0, 0.1) is 5.82 Å². The summed E-state index contributed by atoms with van der Waals surface area (Å²) in [6.45, 7) is 0. The van der Waals surface area contributed by atoms with Gasteiger partial charge in [-0.25, -0.2) is 13.2 Å². The van der Waals surface area contributed by atoms with Crippen molar-refractivity contribution in [3.8, 4) is 0 Å². The third-order valence-corrected chi connectivity index (χ3v) is 1.26. The number of rotatable bonds is 1. The molecule has 0 spiro atoms. The summed E-state index contributed by atoms with van der Waals surface area (Å²) in [7, 11) is 0. The smallest absolute Gasteiger partial charge is 0.266 e. The predicted molar refractivity (Wildman–Crippen MR) is 35.8 cm³/mol. The Morgan fingerprint density at radius 2 is 1.91 bits per heavy atom. The van der Waals surface area contributed by atoms with Gasteiger partial charge in [0.15, 0.2) is 0 Å². The van der Waals surface area contributed by atoms with Crippen molar-refractivity contribution in [1.29, 1.82) is 0 Å². The van der Waals surface area contributed by atoms with E-state index in [1.165, 1.54) is 6.07 Å². The number of nitrogen functional groups attached to an aromatic ring is 1. The highest BCUT2D eigenvalue weighted by Crippen LogP contribution is 2.22. The van der Waals surface area contributed by atoms with Gasteiger partial charge in [-0.15, -0.1) is 0 Å². The number of halogens is 3. The molecule has 1 aromatic carbocycles. The molecule has 0 saturated carbocycles. The lowest BCUT2D eigenvalue weighted by Crippen LogP contribution is -1.92. The van der Waals surface area contributed by atoms with Gasteiger partial charge in [-0.3, -0.25) is 0 Å². The van der Waals surface area contributed by atoms with Crippen LogP contribution in [0.2, 0.25) is 0 Å². The monoisotopic (exact) mass is 161 g/mol. The van der Waals surface area contributed by atoms with Crippen molar-refractivity contribution >= 4 is 5.69 Å². The van der Waals surface area contributed by atoms with E-state index in [9.17, 15) is 13.2 Å². The molecule has 0 aliphatic carbocycles. The Kier molecular flexibility index (Phi) is 2.03. The molecule has 0 saturated heterocycles. The molecule has 0 fully saturated rings. The lowest BCUT2D eigenvalue weighted by molar-refractivity contribution is 0.146. The molecule has 60 valence electrons. The van der Waals surface area contributed by atoms with E-state index in [1.54, 1.807) is 0 Å². The second-order valence-electron chi connectivity index (χ2n) is 2.08. The van der Waals surface area contributed by atoms with E-state index in [1.807, 2.05) is 0 Å². The van der Waals surface area contributed by atoms with E-state index in [0.717, 1.165) is 12.1 Å². The Hall–Kier alpha value is -1.19. The summed E-state index contributed by atoms with van der Waals surface area (Å²) in [5.74, 6) is -0.958. The molecule has 0 aliphatic heterocycles. The van der Waals surface area contributed by atoms with Gasteiger partial charge in [-0.2, -0.15) is 0 Å². The van der Waals surface area contributed by atoms with Gasteiger partial charge in [0, 0.05) is 5.69 Å². The summed E-state index contributed by atoms with van der Waals surface area (Å²) in [6.07, 6.45) is -2.78. The molecule has 0 aromatic heterocycles. The maximum absolute atomic E-state index is 12.5. The third kappa shape index (κ3) is 1.63. The first-order valence-electron chi connectivity index (χ1n) is 2.94. The lowest BCUT2D eigenvalue weighted by Gasteiger charge is -2.01. The third-order valence-electron chi connectivity index (χ3n) is 1.26. The van der Waals surface area contributed by atoms with E-state index < -0.39 is 17.8 Å². The average molecular weight is 161 g/mol. The molecule has 0 heterocycles. The Labute approximate surface area is 61.6 Å². The number of anilines is 1. The minimum absolute atomic E-state index is 0.145. The van der Waals surface area contributed by atoms with Gasteiger partial charge < -0.3 is 5.73 Å². The highest BCUT2D eigenvalue weighted by Gasteiger charge is 2.12. The van der Waals surface area contributed by atoms with Crippen LogP contribution >= 0.6 is 0 Å². The van der Waals surface area contributed by atoms with Crippen LogP contribution in [0.3, 0.4) is 0 Å². The standard InChI is InChI=1S/C7H6F3N/c8-6-3-4(11)1-2-5(6)7(9)10/h1-3,7H,11H2. The molecule has 1 rings (SSSR count). The first-order valence-corrected chi connectivity index (χ1v) is 2.94. The molecule has 0 aliphatic rings. The molecule has 0 bridgehead atoms. The highest BCUT2D eigenvalue weighted by molar-refractivity contribution is 5.40. The topological polar surface area (TPSA) is 26.0 Å². The second kappa shape index (κ2) is 2.82. The van der Waals surface area contributed by atoms with Gasteiger partial charge in [-0.1, -0.05) is 0 Å². The summed E-state index contributed by atoms with van der Waals surface area (Å²) in [5, 5.41) is 0. The fourth-order valence-corrected chi connectivity index (χ4v) is 0.720. The number of hydrogen-bond acceptors (Lipinski definition) is 1. The zero-order chi connectivity index (χ0) is 8.43. The molecular formula is C7H6F3N. The SMILES string of the molecule is Nc1ccc(C(F)F)c(F)c1. The molecule has 11 heavy (non-hydrogen) atoms. The van der Waals surface area contributed by atoms with E-state index in [2.05, 4.69) is 0 Å². The Morgan fingerprint density at radius 3 is 2.36 bits per heavy atom. The van der Waals surface area contributed by atoms with Crippen molar-refractivity contribution in [1.82, 2.24) is 0 Å². The molecule has 2 N–H and O–H groups in total. The van der Waals surface area contributed by atoms with Crippen LogP contribution < -0.4 is 5.73 Å². The van der Waals surface area contributed by atoms with E-state index in [4.69, 9.17) is 5.73 Å². The summed E-state index contributed by atoms with van der Waals surface area (Å²) in [4.78, 5) is 0. The van der Waals surface area contributed by atoms with Gasteiger partial charge in [0.05, 0.1) is 5.56 Å². The Bertz CT molecular complexity index is 260. The average Bonchev–Trinajstić information content (AvgIpc) is 1.85. The van der Waals surface area contributed by atoms with Crippen molar-refractivity contribution in [3.05, 3.63) is 29.6 Å². The molecule has 0 atom stereocenters. The van der Waals surface area contributed by atoms with Crippen molar-refractivity contribution in [2.45, 2.75) is 6.43 Å². The van der Waals surface area contributed by atoms with Crippen LogP contribution in [0.1, 0.15) is 12.0 Å². The van der Waals surface area contributed by atoms with E-state index in [-0.39, 0.29) is 5.69 Å². The molecule has 4 heteroatoms. The van der Waals surface area contributed by atoms with E-state index >= 15 is 0 Å². The first-order chi connectivity index (χ1) is 5.11. The number of benzene rings is 1. The summed E-state index contributed by atoms with van der Waals surface area (Å²) >= 11 is 0. The van der Waals surface area contributed by atoms with Crippen LogP contribution in [0.5, 0.6) is 0 Å². The van der Waals surface area contributed by atoms with Crippen molar-refractivity contribution in [3.63, 3.8) is 0 Å². The molecule has 1 nitrogen and oxygen atoms in total. The second-order valence-corrected chi connectivity index (χ2v) is 2.08. The van der Waals surface area contributed by atoms with Crippen LogP contribution in [0.25, 0.3) is 0 Å². The number of hydrogen-bond donors (Lipinski definition) is 1. The Balaban J connectivity index is 3.09. The van der Waals surface area contributed by atoms with Gasteiger partial charge in [-0.05, 0) is 18.2 Å². The van der Waals surface area contributed by atoms with Gasteiger partial charge in [0.25, 0.3) is 6.43 Å². The minimum atomic E-state index is -2.78. The van der Waals surface area contributed by atoms with Crippen LogP contribution in [0.4, 0.5) is 18.9 Å². The summed E-state index contributed by atoms with van der Waals surface area (Å²) in [5.41, 5.74) is 4.68. The van der Waals surface area contributed by atoms with Crippen molar-refractivity contribution in [2.24, 2.45) is 0 Å². The minimum Gasteiger partial charge on any atom is -0.399 e. The van der Waals surface area contributed by atoms with Gasteiger partial charge in [0.2, 0.25) is 0 Å². The van der Waals surface area contributed by atoms with Crippen molar-refractivity contribution < 1.29 is 13.2 Å². The van der Waals surface area contributed by atoms with E-state index in [0.29, 0.717) is 0 Å². The normalized spacial score (nSPS) is 10.5. The lowest BCUT2D eigenvalue weighted by atomic mass is 10.2. The summed E-state index contributed by atoms with van der Waals surface area (Å²) < 4.78 is 36.3. The maximum Gasteiger partial charge on any atom is 0.266 e. The number of alkyl halides is 2. The maximum atomic E-state index is 12.5. The zero-order valence-corrected chi connectivity index (χ0v) is 5.52. The fourth-order valence-electron chi connectivity index (χ4n) is 0.720. The Morgan fingerprint density at radius 1 is 1.27 bits per heavy atom. The highest BCUT2D eigenvalue weighted by atomic mass is 19.3. The zero-order valence-electron chi connectivity index (χ0n) is 5.52. The number of nitrogens with two attached hydrogens (primary N) is 1. The molecular weight excluding hydrogens is 155 g/mol. The van der Waals surface area contributed by atoms with Gasteiger partial charge >= 0.3 is 0 Å². The van der Waals surface area contributed by atoms with Gasteiger partial charge in [0.1, 0.15) is 5.82 Å². The first kappa shape index (κ1) is 7.91. The van der Waals surface area contributed by atoms with Crippen molar-refractivity contribution in [2.75, 3.05) is 5.73 Å². The predicted octanol–water partition coefficient (Wildman–Crippen LogP) is 2.35. The van der Waals surface area contributed by atoms with Crippen LogP contribution in [-0.2, 0) is 0 Å².